The quantitative estimate of drug-likeness (QED) is 0.913. The molecule has 0 aliphatic heterocycles. The van der Waals surface area contributed by atoms with Crippen molar-refractivity contribution >= 4 is 28.8 Å². The highest BCUT2D eigenvalue weighted by molar-refractivity contribution is 7.13. The highest BCUT2D eigenvalue weighted by Crippen LogP contribution is 2.25. The summed E-state index contributed by atoms with van der Waals surface area (Å²) in [6.07, 6.45) is 0.185. The van der Waals surface area contributed by atoms with E-state index in [1.165, 1.54) is 11.3 Å². The van der Waals surface area contributed by atoms with E-state index in [4.69, 9.17) is 17.3 Å². The molecule has 0 atom stereocenters. The molecule has 82 valence electrons. The Balaban J connectivity index is 2.24. The zero-order chi connectivity index (χ0) is 11.5. The lowest BCUT2D eigenvalue weighted by Gasteiger charge is -1.95. The first-order valence-electron chi connectivity index (χ1n) is 4.64. The predicted molar refractivity (Wildman–Crippen MR) is 65.5 cm³/mol. The van der Waals surface area contributed by atoms with Crippen molar-refractivity contribution in [2.45, 2.75) is 6.42 Å². The minimum absolute atomic E-state index is 0.185. The SMILES string of the molecule is NC(=O)Cc1csc(-c2ccc(Cl)cc2)n1. The molecule has 0 spiro atoms. The molecule has 1 amide bonds. The summed E-state index contributed by atoms with van der Waals surface area (Å²) < 4.78 is 0. The van der Waals surface area contributed by atoms with Crippen LogP contribution in [0.25, 0.3) is 10.6 Å². The van der Waals surface area contributed by atoms with Crippen LogP contribution in [0.2, 0.25) is 5.02 Å². The molecule has 0 bridgehead atoms. The lowest BCUT2D eigenvalue weighted by atomic mass is 10.2. The zero-order valence-electron chi connectivity index (χ0n) is 8.31. The normalized spacial score (nSPS) is 10.3. The minimum atomic E-state index is -0.368. The number of carbonyl (C=O) groups is 1. The van der Waals surface area contributed by atoms with E-state index in [9.17, 15) is 4.79 Å². The molecule has 2 rings (SSSR count). The van der Waals surface area contributed by atoms with Crippen molar-refractivity contribution < 1.29 is 4.79 Å². The number of benzene rings is 1. The highest BCUT2D eigenvalue weighted by Gasteiger charge is 2.06. The number of aromatic nitrogens is 1. The standard InChI is InChI=1S/C11H9ClN2OS/c12-8-3-1-7(2-4-8)11-14-9(6-16-11)5-10(13)15/h1-4,6H,5H2,(H2,13,15). The molecular formula is C11H9ClN2OS. The van der Waals surface area contributed by atoms with E-state index in [2.05, 4.69) is 4.98 Å². The van der Waals surface area contributed by atoms with Gasteiger partial charge in [-0.25, -0.2) is 4.98 Å². The van der Waals surface area contributed by atoms with E-state index >= 15 is 0 Å². The largest absolute Gasteiger partial charge is 0.369 e. The molecule has 0 aliphatic rings. The summed E-state index contributed by atoms with van der Waals surface area (Å²) in [6.45, 7) is 0. The van der Waals surface area contributed by atoms with Gasteiger partial charge >= 0.3 is 0 Å². The van der Waals surface area contributed by atoms with E-state index in [1.54, 1.807) is 0 Å². The molecule has 2 N–H and O–H groups in total. The molecular weight excluding hydrogens is 244 g/mol. The maximum absolute atomic E-state index is 10.7. The Morgan fingerprint density at radius 2 is 2.06 bits per heavy atom. The van der Waals surface area contributed by atoms with Crippen molar-refractivity contribution in [2.75, 3.05) is 0 Å². The summed E-state index contributed by atoms with van der Waals surface area (Å²) >= 11 is 7.28. The van der Waals surface area contributed by atoms with Crippen LogP contribution in [0.1, 0.15) is 5.69 Å². The van der Waals surface area contributed by atoms with Crippen LogP contribution in [0.3, 0.4) is 0 Å². The minimum Gasteiger partial charge on any atom is -0.369 e. The van der Waals surface area contributed by atoms with Gasteiger partial charge in [-0.15, -0.1) is 11.3 Å². The lowest BCUT2D eigenvalue weighted by Crippen LogP contribution is -2.13. The third-order valence-electron chi connectivity index (χ3n) is 2.00. The van der Waals surface area contributed by atoms with Gasteiger partial charge in [0.15, 0.2) is 0 Å². The number of primary amides is 1. The van der Waals surface area contributed by atoms with E-state index in [-0.39, 0.29) is 12.3 Å². The Kier molecular flexibility index (Phi) is 3.22. The second kappa shape index (κ2) is 4.63. The molecule has 1 aromatic carbocycles. The van der Waals surface area contributed by atoms with Crippen LogP contribution in [-0.4, -0.2) is 10.9 Å². The fraction of sp³-hybridized carbons (Fsp3) is 0.0909. The van der Waals surface area contributed by atoms with E-state index in [0.717, 1.165) is 10.6 Å². The maximum Gasteiger partial charge on any atom is 0.223 e. The fourth-order valence-corrected chi connectivity index (χ4v) is 2.24. The Bertz CT molecular complexity index is 507. The first-order valence-corrected chi connectivity index (χ1v) is 5.89. The van der Waals surface area contributed by atoms with Gasteiger partial charge in [0.1, 0.15) is 5.01 Å². The predicted octanol–water partition coefficient (Wildman–Crippen LogP) is 2.49. The average molecular weight is 253 g/mol. The lowest BCUT2D eigenvalue weighted by molar-refractivity contribution is -0.117. The van der Waals surface area contributed by atoms with Crippen LogP contribution in [-0.2, 0) is 11.2 Å². The molecule has 0 radical (unpaired) electrons. The first kappa shape index (κ1) is 11.1. The van der Waals surface area contributed by atoms with Gasteiger partial charge in [0.2, 0.25) is 5.91 Å². The Morgan fingerprint density at radius 1 is 1.38 bits per heavy atom. The smallest absolute Gasteiger partial charge is 0.223 e. The van der Waals surface area contributed by atoms with E-state index in [1.807, 2.05) is 29.6 Å². The first-order chi connectivity index (χ1) is 7.65. The molecule has 0 aliphatic carbocycles. The van der Waals surface area contributed by atoms with Gasteiger partial charge < -0.3 is 5.73 Å². The van der Waals surface area contributed by atoms with Crippen molar-refractivity contribution in [3.8, 4) is 10.6 Å². The van der Waals surface area contributed by atoms with E-state index in [0.29, 0.717) is 10.7 Å². The molecule has 1 aromatic heterocycles. The number of nitrogens with two attached hydrogens (primary N) is 1. The van der Waals surface area contributed by atoms with Crippen molar-refractivity contribution in [1.29, 1.82) is 0 Å². The third-order valence-corrected chi connectivity index (χ3v) is 3.19. The van der Waals surface area contributed by atoms with Gasteiger partial charge in [0.25, 0.3) is 0 Å². The number of carbonyl (C=O) groups excluding carboxylic acids is 1. The molecule has 0 fully saturated rings. The van der Waals surface area contributed by atoms with Crippen LogP contribution >= 0.6 is 22.9 Å². The molecule has 2 aromatic rings. The van der Waals surface area contributed by atoms with Crippen LogP contribution in [0.15, 0.2) is 29.6 Å². The monoisotopic (exact) mass is 252 g/mol. The third kappa shape index (κ3) is 2.59. The fourth-order valence-electron chi connectivity index (χ4n) is 1.29. The van der Waals surface area contributed by atoms with Crippen molar-refractivity contribution in [1.82, 2.24) is 4.98 Å². The Hall–Kier alpha value is -1.39. The summed E-state index contributed by atoms with van der Waals surface area (Å²) in [5, 5.41) is 3.40. The van der Waals surface area contributed by atoms with Gasteiger partial charge in [-0.2, -0.15) is 0 Å². The molecule has 5 heteroatoms. The summed E-state index contributed by atoms with van der Waals surface area (Å²) in [4.78, 5) is 15.1. The number of amides is 1. The number of rotatable bonds is 3. The summed E-state index contributed by atoms with van der Waals surface area (Å²) in [6, 6.07) is 7.42. The highest BCUT2D eigenvalue weighted by atomic mass is 35.5. The number of thiazole rings is 1. The van der Waals surface area contributed by atoms with Crippen molar-refractivity contribution in [3.05, 3.63) is 40.4 Å². The van der Waals surface area contributed by atoms with Gasteiger partial charge in [-0.1, -0.05) is 23.7 Å². The zero-order valence-corrected chi connectivity index (χ0v) is 9.89. The van der Waals surface area contributed by atoms with E-state index < -0.39 is 0 Å². The maximum atomic E-state index is 10.7. The molecule has 1 heterocycles. The summed E-state index contributed by atoms with van der Waals surface area (Å²) in [5.41, 5.74) is 6.80. The number of hydrogen-bond acceptors (Lipinski definition) is 3. The van der Waals surface area contributed by atoms with Gasteiger partial charge in [-0.05, 0) is 12.1 Å². The van der Waals surface area contributed by atoms with Gasteiger partial charge in [0.05, 0.1) is 12.1 Å². The summed E-state index contributed by atoms with van der Waals surface area (Å²) in [5.74, 6) is -0.368. The van der Waals surface area contributed by atoms with Crippen LogP contribution in [0, 0.1) is 0 Å². The molecule has 0 saturated heterocycles. The molecule has 0 saturated carbocycles. The topological polar surface area (TPSA) is 56.0 Å². The number of halogens is 1. The summed E-state index contributed by atoms with van der Waals surface area (Å²) in [7, 11) is 0. The van der Waals surface area contributed by atoms with Crippen LogP contribution in [0.5, 0.6) is 0 Å². The number of nitrogens with zero attached hydrogens (tertiary/aromatic N) is 1. The number of hydrogen-bond donors (Lipinski definition) is 1. The second-order valence-electron chi connectivity index (χ2n) is 3.29. The van der Waals surface area contributed by atoms with Gasteiger partial charge in [-0.3, -0.25) is 4.79 Å². The van der Waals surface area contributed by atoms with Crippen LogP contribution < -0.4 is 5.73 Å². The van der Waals surface area contributed by atoms with Crippen LogP contribution in [0.4, 0.5) is 0 Å². The van der Waals surface area contributed by atoms with Crippen molar-refractivity contribution in [3.63, 3.8) is 0 Å². The molecule has 0 unspecified atom stereocenters. The van der Waals surface area contributed by atoms with Gasteiger partial charge in [0, 0.05) is 16.0 Å². The Morgan fingerprint density at radius 3 is 2.69 bits per heavy atom. The Labute approximate surface area is 102 Å². The molecule has 3 nitrogen and oxygen atoms in total. The average Bonchev–Trinajstić information content (AvgIpc) is 2.66. The molecule has 16 heavy (non-hydrogen) atoms. The second-order valence-corrected chi connectivity index (χ2v) is 4.59. The van der Waals surface area contributed by atoms with Crippen molar-refractivity contribution in [2.24, 2.45) is 5.73 Å².